The van der Waals surface area contributed by atoms with Crippen LogP contribution in [0.2, 0.25) is 0 Å². The van der Waals surface area contributed by atoms with Crippen molar-refractivity contribution in [3.63, 3.8) is 0 Å². The highest BCUT2D eigenvalue weighted by Gasteiger charge is 2.34. The second-order valence-electron chi connectivity index (χ2n) is 6.06. The Morgan fingerprint density at radius 3 is 2.78 bits per heavy atom. The minimum absolute atomic E-state index is 0.0601. The molecule has 1 aromatic carbocycles. The molecular weight excluding hydrogens is 222 g/mol. The fourth-order valence-corrected chi connectivity index (χ4v) is 2.75. The number of nitrogens with one attached hydrogen (secondary N) is 1. The van der Waals surface area contributed by atoms with Crippen LogP contribution in [0.25, 0.3) is 5.57 Å². The molecule has 0 aromatic heterocycles. The van der Waals surface area contributed by atoms with Crippen LogP contribution in [-0.4, -0.2) is 11.9 Å². The van der Waals surface area contributed by atoms with E-state index in [1.54, 1.807) is 0 Å². The van der Waals surface area contributed by atoms with Crippen LogP contribution in [0, 0.1) is 5.41 Å². The first-order valence-corrected chi connectivity index (χ1v) is 6.67. The van der Waals surface area contributed by atoms with Crippen molar-refractivity contribution < 1.29 is 4.79 Å². The minimum Gasteiger partial charge on any atom is -0.350 e. The lowest BCUT2D eigenvalue weighted by atomic mass is 9.85. The number of benzene rings is 1. The molecule has 2 heteroatoms. The molecule has 0 atom stereocenters. The normalized spacial score (nSPS) is 22.9. The number of rotatable bonds is 2. The van der Waals surface area contributed by atoms with Crippen molar-refractivity contribution in [2.75, 3.05) is 0 Å². The van der Waals surface area contributed by atoms with E-state index in [1.165, 1.54) is 16.7 Å². The van der Waals surface area contributed by atoms with Gasteiger partial charge in [0.25, 0.3) is 0 Å². The molecule has 0 spiro atoms. The van der Waals surface area contributed by atoms with Crippen LogP contribution in [0.15, 0.2) is 30.3 Å². The van der Waals surface area contributed by atoms with Crippen molar-refractivity contribution in [2.45, 2.75) is 39.2 Å². The van der Waals surface area contributed by atoms with Crippen molar-refractivity contribution in [3.8, 4) is 0 Å². The van der Waals surface area contributed by atoms with E-state index in [4.69, 9.17) is 0 Å². The summed E-state index contributed by atoms with van der Waals surface area (Å²) >= 11 is 0. The Morgan fingerprint density at radius 1 is 1.33 bits per heavy atom. The molecule has 2 nitrogen and oxygen atoms in total. The van der Waals surface area contributed by atoms with Gasteiger partial charge >= 0.3 is 0 Å². The molecule has 0 saturated heterocycles. The van der Waals surface area contributed by atoms with E-state index in [2.05, 4.69) is 37.4 Å². The molecule has 3 rings (SSSR count). The number of amides is 1. The monoisotopic (exact) mass is 241 g/mol. The highest BCUT2D eigenvalue weighted by atomic mass is 16.1. The van der Waals surface area contributed by atoms with Crippen molar-refractivity contribution in [1.82, 2.24) is 5.32 Å². The van der Waals surface area contributed by atoms with E-state index in [0.717, 1.165) is 19.3 Å². The van der Waals surface area contributed by atoms with E-state index in [-0.39, 0.29) is 11.3 Å². The first-order chi connectivity index (χ1) is 8.56. The molecule has 2 aliphatic rings. The standard InChI is InChI=1S/C16H19NO/c1-16(2)10-11-5-3-4-6-13(11)14(16)9-15(18)17-12-7-8-12/h3-6,9,12H,7-8,10H2,1-2H3,(H,17,18)/b14-9-. The molecular formula is C16H19NO. The first kappa shape index (κ1) is 11.5. The molecule has 1 saturated carbocycles. The predicted molar refractivity (Wildman–Crippen MR) is 73.1 cm³/mol. The summed E-state index contributed by atoms with van der Waals surface area (Å²) in [5.41, 5.74) is 3.84. The van der Waals surface area contributed by atoms with Gasteiger partial charge in [-0.1, -0.05) is 38.1 Å². The largest absolute Gasteiger partial charge is 0.350 e. The summed E-state index contributed by atoms with van der Waals surface area (Å²) < 4.78 is 0. The Labute approximate surface area is 108 Å². The summed E-state index contributed by atoms with van der Waals surface area (Å²) in [6.45, 7) is 4.42. The van der Waals surface area contributed by atoms with E-state index in [0.29, 0.717) is 6.04 Å². The summed E-state index contributed by atoms with van der Waals surface area (Å²) in [6, 6.07) is 8.83. The molecule has 0 bridgehead atoms. The molecule has 1 aromatic rings. The third-order valence-corrected chi connectivity index (χ3v) is 3.87. The second-order valence-corrected chi connectivity index (χ2v) is 6.06. The van der Waals surface area contributed by atoms with Crippen LogP contribution in [0.1, 0.15) is 37.8 Å². The zero-order valence-electron chi connectivity index (χ0n) is 11.0. The number of hydrogen-bond acceptors (Lipinski definition) is 1. The quantitative estimate of drug-likeness (QED) is 0.792. The van der Waals surface area contributed by atoms with Gasteiger partial charge in [0.15, 0.2) is 0 Å². The van der Waals surface area contributed by atoms with Crippen LogP contribution < -0.4 is 5.32 Å². The van der Waals surface area contributed by atoms with Crippen molar-refractivity contribution in [2.24, 2.45) is 5.41 Å². The van der Waals surface area contributed by atoms with Crippen molar-refractivity contribution in [1.29, 1.82) is 0 Å². The minimum atomic E-state index is 0.0601. The molecule has 0 heterocycles. The maximum absolute atomic E-state index is 12.0. The zero-order chi connectivity index (χ0) is 12.8. The molecule has 2 aliphatic carbocycles. The van der Waals surface area contributed by atoms with E-state index >= 15 is 0 Å². The number of hydrogen-bond donors (Lipinski definition) is 1. The van der Waals surface area contributed by atoms with Gasteiger partial charge in [-0.15, -0.1) is 0 Å². The van der Waals surface area contributed by atoms with Gasteiger partial charge < -0.3 is 5.32 Å². The molecule has 18 heavy (non-hydrogen) atoms. The average Bonchev–Trinajstić information content (AvgIpc) is 3.06. The maximum atomic E-state index is 12.0. The van der Waals surface area contributed by atoms with Crippen molar-refractivity contribution >= 4 is 11.5 Å². The van der Waals surface area contributed by atoms with Gasteiger partial charge in [-0.25, -0.2) is 0 Å². The number of fused-ring (bicyclic) bond motifs is 1. The van der Waals surface area contributed by atoms with E-state index < -0.39 is 0 Å². The molecule has 1 N–H and O–H groups in total. The van der Waals surface area contributed by atoms with Crippen LogP contribution in [-0.2, 0) is 11.2 Å². The number of carbonyl (C=O) groups excluding carboxylic acids is 1. The third-order valence-electron chi connectivity index (χ3n) is 3.87. The Morgan fingerprint density at radius 2 is 2.06 bits per heavy atom. The lowest BCUT2D eigenvalue weighted by Gasteiger charge is -2.19. The zero-order valence-corrected chi connectivity index (χ0v) is 11.0. The summed E-state index contributed by atoms with van der Waals surface area (Å²) in [6.07, 6.45) is 5.10. The first-order valence-electron chi connectivity index (χ1n) is 6.67. The fraction of sp³-hybridized carbons (Fsp3) is 0.438. The number of allylic oxidation sites excluding steroid dienone is 1. The van der Waals surface area contributed by atoms with Gasteiger partial charge in [0, 0.05) is 12.1 Å². The van der Waals surface area contributed by atoms with Crippen molar-refractivity contribution in [3.05, 3.63) is 41.5 Å². The van der Waals surface area contributed by atoms with E-state index in [9.17, 15) is 4.79 Å². The number of carbonyl (C=O) groups is 1. The molecule has 94 valence electrons. The van der Waals surface area contributed by atoms with Gasteiger partial charge in [-0.3, -0.25) is 4.79 Å². The lowest BCUT2D eigenvalue weighted by molar-refractivity contribution is -0.116. The van der Waals surface area contributed by atoms with E-state index in [1.807, 2.05) is 12.1 Å². The highest BCUT2D eigenvalue weighted by molar-refractivity contribution is 5.97. The smallest absolute Gasteiger partial charge is 0.244 e. The maximum Gasteiger partial charge on any atom is 0.244 e. The fourth-order valence-electron chi connectivity index (χ4n) is 2.75. The van der Waals surface area contributed by atoms with Gasteiger partial charge in [0.1, 0.15) is 0 Å². The Kier molecular flexibility index (Phi) is 2.54. The Hall–Kier alpha value is -1.57. The predicted octanol–water partition coefficient (Wildman–Crippen LogP) is 2.93. The molecule has 1 amide bonds. The van der Waals surface area contributed by atoms with Gasteiger partial charge in [0.2, 0.25) is 5.91 Å². The van der Waals surface area contributed by atoms with Crippen LogP contribution >= 0.6 is 0 Å². The molecule has 0 aliphatic heterocycles. The topological polar surface area (TPSA) is 29.1 Å². The summed E-state index contributed by atoms with van der Waals surface area (Å²) in [5, 5.41) is 3.03. The van der Waals surface area contributed by atoms with Crippen LogP contribution in [0.4, 0.5) is 0 Å². The van der Waals surface area contributed by atoms with Crippen LogP contribution in [0.3, 0.4) is 0 Å². The van der Waals surface area contributed by atoms with Gasteiger partial charge in [-0.05, 0) is 41.4 Å². The average molecular weight is 241 g/mol. The molecule has 0 unspecified atom stereocenters. The Bertz CT molecular complexity index is 524. The third kappa shape index (κ3) is 2.07. The Balaban J connectivity index is 1.93. The molecule has 0 radical (unpaired) electrons. The second kappa shape index (κ2) is 3.98. The summed E-state index contributed by atoms with van der Waals surface area (Å²) in [4.78, 5) is 12.0. The van der Waals surface area contributed by atoms with Gasteiger partial charge in [0.05, 0.1) is 0 Å². The lowest BCUT2D eigenvalue weighted by Crippen LogP contribution is -2.24. The highest BCUT2D eigenvalue weighted by Crippen LogP contribution is 2.45. The van der Waals surface area contributed by atoms with Crippen LogP contribution in [0.5, 0.6) is 0 Å². The SMILES string of the molecule is CC1(C)Cc2ccccc2/C1=C/C(=O)NC1CC1. The summed E-state index contributed by atoms with van der Waals surface area (Å²) in [5.74, 6) is 0.0669. The molecule has 1 fully saturated rings. The summed E-state index contributed by atoms with van der Waals surface area (Å²) in [7, 11) is 0. The van der Waals surface area contributed by atoms with Gasteiger partial charge in [-0.2, -0.15) is 0 Å².